The van der Waals surface area contributed by atoms with Gasteiger partial charge in [-0.05, 0) is 31.2 Å². The van der Waals surface area contributed by atoms with Gasteiger partial charge in [-0.15, -0.1) is 23.4 Å². The molecular formula is C22H23N5O5S. The Morgan fingerprint density at radius 3 is 2.79 bits per heavy atom. The number of rotatable bonds is 11. The minimum absolute atomic E-state index is 0.0501. The molecule has 11 heteroatoms. The van der Waals surface area contributed by atoms with Crippen LogP contribution in [0, 0.1) is 0 Å². The monoisotopic (exact) mass is 469 g/mol. The van der Waals surface area contributed by atoms with E-state index in [1.165, 1.54) is 16.7 Å². The first-order chi connectivity index (χ1) is 16.0. The average molecular weight is 470 g/mol. The molecule has 0 aliphatic carbocycles. The molecule has 1 amide bonds. The zero-order chi connectivity index (χ0) is 23.6. The SMILES string of the molecule is C=CCSc1ncccc1-c1nn(CC(=O)N(CC(=O)OCC)Cc2ccccn2)c(=O)o1. The molecule has 0 radical (unpaired) electrons. The lowest BCUT2D eigenvalue weighted by atomic mass is 10.3. The minimum Gasteiger partial charge on any atom is -0.465 e. The number of pyridine rings is 2. The number of carbonyl (C=O) groups excluding carboxylic acids is 2. The molecule has 0 spiro atoms. The molecule has 0 aliphatic heterocycles. The fraction of sp³-hybridized carbons (Fsp3) is 0.273. The van der Waals surface area contributed by atoms with Crippen molar-refractivity contribution in [3.05, 3.63) is 71.6 Å². The molecule has 3 heterocycles. The lowest BCUT2D eigenvalue weighted by Gasteiger charge is -2.21. The van der Waals surface area contributed by atoms with Crippen molar-refractivity contribution in [2.75, 3.05) is 18.9 Å². The summed E-state index contributed by atoms with van der Waals surface area (Å²) in [7, 11) is 0. The number of thioether (sulfide) groups is 1. The number of carbonyl (C=O) groups is 2. The first kappa shape index (κ1) is 23.9. The summed E-state index contributed by atoms with van der Waals surface area (Å²) in [6, 6.07) is 8.68. The Bertz CT molecular complexity index is 1160. The van der Waals surface area contributed by atoms with E-state index in [0.717, 1.165) is 4.68 Å². The van der Waals surface area contributed by atoms with Crippen molar-refractivity contribution in [1.82, 2.24) is 24.6 Å². The Kier molecular flexibility index (Phi) is 8.53. The molecule has 0 fully saturated rings. The van der Waals surface area contributed by atoms with Gasteiger partial charge < -0.3 is 14.1 Å². The van der Waals surface area contributed by atoms with Crippen LogP contribution in [-0.4, -0.2) is 55.4 Å². The molecule has 10 nitrogen and oxygen atoms in total. The van der Waals surface area contributed by atoms with Gasteiger partial charge in [0, 0.05) is 18.1 Å². The molecule has 0 aliphatic rings. The topological polar surface area (TPSA) is 120 Å². The quantitative estimate of drug-likeness (QED) is 0.236. The van der Waals surface area contributed by atoms with Crippen LogP contribution in [0.3, 0.4) is 0 Å². The van der Waals surface area contributed by atoms with Crippen molar-refractivity contribution in [1.29, 1.82) is 0 Å². The molecule has 33 heavy (non-hydrogen) atoms. The first-order valence-corrected chi connectivity index (χ1v) is 11.1. The van der Waals surface area contributed by atoms with E-state index in [1.807, 2.05) is 0 Å². The van der Waals surface area contributed by atoms with Gasteiger partial charge >= 0.3 is 11.7 Å². The largest absolute Gasteiger partial charge is 0.465 e. The van der Waals surface area contributed by atoms with Crippen LogP contribution in [0.2, 0.25) is 0 Å². The van der Waals surface area contributed by atoms with Gasteiger partial charge in [-0.2, -0.15) is 4.68 Å². The van der Waals surface area contributed by atoms with Crippen molar-refractivity contribution < 1.29 is 18.7 Å². The number of hydrogen-bond donors (Lipinski definition) is 0. The smallest absolute Gasteiger partial charge is 0.437 e. The molecule has 172 valence electrons. The first-order valence-electron chi connectivity index (χ1n) is 10.1. The lowest BCUT2D eigenvalue weighted by molar-refractivity contribution is -0.149. The molecule has 3 aromatic heterocycles. The van der Waals surface area contributed by atoms with Gasteiger partial charge in [-0.25, -0.2) is 9.78 Å². The van der Waals surface area contributed by atoms with Crippen LogP contribution in [0.25, 0.3) is 11.5 Å². The van der Waals surface area contributed by atoms with E-state index in [9.17, 15) is 14.4 Å². The minimum atomic E-state index is -0.796. The molecule has 0 unspecified atom stereocenters. The summed E-state index contributed by atoms with van der Waals surface area (Å²) in [6.45, 7) is 4.93. The Hall–Kier alpha value is -3.73. The fourth-order valence-electron chi connectivity index (χ4n) is 2.83. The van der Waals surface area contributed by atoms with Gasteiger partial charge in [-0.1, -0.05) is 12.1 Å². The Balaban J connectivity index is 1.81. The summed E-state index contributed by atoms with van der Waals surface area (Å²) in [5.41, 5.74) is 1.12. The lowest BCUT2D eigenvalue weighted by Crippen LogP contribution is -2.39. The number of hydrogen-bond acceptors (Lipinski definition) is 9. The van der Waals surface area contributed by atoms with Gasteiger partial charge in [0.15, 0.2) is 0 Å². The van der Waals surface area contributed by atoms with Crippen LogP contribution < -0.4 is 5.76 Å². The van der Waals surface area contributed by atoms with Crippen LogP contribution in [0.5, 0.6) is 0 Å². The average Bonchev–Trinajstić information content (AvgIpc) is 3.18. The summed E-state index contributed by atoms with van der Waals surface area (Å²) in [5, 5.41) is 4.79. The summed E-state index contributed by atoms with van der Waals surface area (Å²) >= 11 is 1.41. The van der Waals surface area contributed by atoms with Gasteiger partial charge in [-0.3, -0.25) is 14.6 Å². The van der Waals surface area contributed by atoms with Crippen LogP contribution >= 0.6 is 11.8 Å². The van der Waals surface area contributed by atoms with Gasteiger partial charge in [0.1, 0.15) is 18.1 Å². The summed E-state index contributed by atoms with van der Waals surface area (Å²) in [6.07, 6.45) is 4.95. The highest BCUT2D eigenvalue weighted by Gasteiger charge is 2.22. The summed E-state index contributed by atoms with van der Waals surface area (Å²) < 4.78 is 11.2. The molecule has 0 saturated carbocycles. The Morgan fingerprint density at radius 1 is 1.24 bits per heavy atom. The van der Waals surface area contributed by atoms with E-state index in [1.54, 1.807) is 55.7 Å². The molecule has 0 saturated heterocycles. The second kappa shape index (κ2) is 11.8. The van der Waals surface area contributed by atoms with Crippen LogP contribution in [0.15, 0.2) is 69.6 Å². The van der Waals surface area contributed by atoms with Crippen molar-refractivity contribution in [2.24, 2.45) is 0 Å². The Labute approximate surface area is 194 Å². The maximum absolute atomic E-state index is 13.0. The maximum Gasteiger partial charge on any atom is 0.437 e. The highest BCUT2D eigenvalue weighted by molar-refractivity contribution is 7.99. The third-order valence-corrected chi connectivity index (χ3v) is 5.29. The predicted octanol–water partition coefficient (Wildman–Crippen LogP) is 2.16. The normalized spacial score (nSPS) is 10.6. The van der Waals surface area contributed by atoms with E-state index >= 15 is 0 Å². The maximum atomic E-state index is 13.0. The fourth-order valence-corrected chi connectivity index (χ4v) is 3.55. The van der Waals surface area contributed by atoms with Crippen molar-refractivity contribution >= 4 is 23.6 Å². The Morgan fingerprint density at radius 2 is 2.06 bits per heavy atom. The highest BCUT2D eigenvalue weighted by Crippen LogP contribution is 2.27. The number of nitrogens with zero attached hydrogens (tertiary/aromatic N) is 5. The zero-order valence-corrected chi connectivity index (χ0v) is 18.9. The molecule has 0 atom stereocenters. The second-order valence-electron chi connectivity index (χ2n) is 6.66. The van der Waals surface area contributed by atoms with E-state index in [2.05, 4.69) is 21.6 Å². The third kappa shape index (κ3) is 6.62. The van der Waals surface area contributed by atoms with Crippen LogP contribution in [-0.2, 0) is 27.4 Å². The van der Waals surface area contributed by atoms with E-state index in [-0.39, 0.29) is 25.6 Å². The highest BCUT2D eigenvalue weighted by atomic mass is 32.2. The molecular weight excluding hydrogens is 446 g/mol. The predicted molar refractivity (Wildman–Crippen MR) is 121 cm³/mol. The summed E-state index contributed by atoms with van der Waals surface area (Å²) in [4.78, 5) is 47.1. The molecule has 0 bridgehead atoms. The standard InChI is InChI=1S/C22H23N5O5S/c1-3-12-33-21-17(9-7-11-24-21)20-25-27(22(30)32-20)14-18(28)26(15-19(29)31-4-2)13-16-8-5-6-10-23-16/h3,5-11H,1,4,12-15H2,2H3. The zero-order valence-electron chi connectivity index (χ0n) is 18.0. The molecule has 0 aromatic carbocycles. The van der Waals surface area contributed by atoms with Gasteiger partial charge in [0.05, 0.1) is 24.4 Å². The van der Waals surface area contributed by atoms with Crippen molar-refractivity contribution in [3.63, 3.8) is 0 Å². The van der Waals surface area contributed by atoms with E-state index in [0.29, 0.717) is 22.0 Å². The second-order valence-corrected chi connectivity index (χ2v) is 7.67. The third-order valence-electron chi connectivity index (χ3n) is 4.29. The number of ether oxygens (including phenoxy) is 1. The number of aromatic nitrogens is 4. The van der Waals surface area contributed by atoms with Gasteiger partial charge in [0.25, 0.3) is 5.89 Å². The van der Waals surface area contributed by atoms with Crippen LogP contribution in [0.4, 0.5) is 0 Å². The number of esters is 1. The molecule has 3 rings (SSSR count). The van der Waals surface area contributed by atoms with Crippen molar-refractivity contribution in [3.8, 4) is 11.5 Å². The summed E-state index contributed by atoms with van der Waals surface area (Å²) in [5.74, 6) is -1.20. The van der Waals surface area contributed by atoms with Crippen LogP contribution in [0.1, 0.15) is 12.6 Å². The van der Waals surface area contributed by atoms with E-state index in [4.69, 9.17) is 9.15 Å². The number of amides is 1. The molecule has 0 N–H and O–H groups in total. The van der Waals surface area contributed by atoms with Gasteiger partial charge in [0.2, 0.25) is 5.91 Å². The van der Waals surface area contributed by atoms with E-state index < -0.39 is 24.2 Å². The molecule has 3 aromatic rings. The van der Waals surface area contributed by atoms with Crippen molar-refractivity contribution in [2.45, 2.75) is 25.0 Å².